The summed E-state index contributed by atoms with van der Waals surface area (Å²) in [6, 6.07) is 0.508. The van der Waals surface area contributed by atoms with Crippen LogP contribution in [-0.4, -0.2) is 102 Å². The van der Waals surface area contributed by atoms with E-state index >= 15 is 0 Å². The van der Waals surface area contributed by atoms with Gasteiger partial charge < -0.3 is 33.9 Å². The van der Waals surface area contributed by atoms with Gasteiger partial charge in [0.2, 0.25) is 0 Å². The Bertz CT molecular complexity index is 1370. The van der Waals surface area contributed by atoms with Crippen LogP contribution in [0.1, 0.15) is 119 Å². The van der Waals surface area contributed by atoms with Crippen molar-refractivity contribution in [1.82, 2.24) is 4.90 Å². The third-order valence-electron chi connectivity index (χ3n) is 17.7. The number of aliphatic hydroxyl groups excluding tert-OH is 1. The fourth-order valence-corrected chi connectivity index (χ4v) is 14.8. The van der Waals surface area contributed by atoms with E-state index in [1.165, 1.54) is 25.7 Å². The minimum Gasteiger partial charge on any atom is -0.457 e. The average Bonchev–Trinajstić information content (AvgIpc) is 3.95. The smallest absolute Gasteiger partial charge is 0.306 e. The molecule has 3 heterocycles. The van der Waals surface area contributed by atoms with E-state index in [4.69, 9.17) is 23.7 Å². The highest BCUT2D eigenvalue weighted by atomic mass is 16.7. The van der Waals surface area contributed by atoms with Crippen molar-refractivity contribution in [3.05, 3.63) is 0 Å². The molecule has 6 aliphatic carbocycles. The summed E-state index contributed by atoms with van der Waals surface area (Å²) in [4.78, 5) is 15.4. The number of carbonyl (C=O) groups is 1. The normalized spacial score (nSPS) is 51.2. The number of morpholine rings is 1. The average molecular weight is 714 g/mol. The Balaban J connectivity index is 0.938. The van der Waals surface area contributed by atoms with Crippen molar-refractivity contribution >= 4 is 5.97 Å². The lowest BCUT2D eigenvalue weighted by Crippen LogP contribution is -2.60. The van der Waals surface area contributed by atoms with Gasteiger partial charge in [-0.2, -0.15) is 0 Å². The van der Waals surface area contributed by atoms with Crippen LogP contribution in [0.4, 0.5) is 0 Å². The minimum absolute atomic E-state index is 0.0492. The number of nitrogens with zero attached hydrogens (tertiary/aromatic N) is 1. The third kappa shape index (κ3) is 5.13. The molecule has 288 valence electrons. The molecule has 0 aromatic carbocycles. The van der Waals surface area contributed by atoms with Crippen LogP contribution < -0.4 is 0 Å². The molecule has 51 heavy (non-hydrogen) atoms. The van der Waals surface area contributed by atoms with Crippen LogP contribution in [0.3, 0.4) is 0 Å². The first-order valence-corrected chi connectivity index (χ1v) is 20.9. The highest BCUT2D eigenvalue weighted by Crippen LogP contribution is 2.89. The predicted molar refractivity (Wildman–Crippen MR) is 190 cm³/mol. The molecule has 9 nitrogen and oxygen atoms in total. The molecule has 2 spiro atoms. The molecule has 3 saturated heterocycles. The van der Waals surface area contributed by atoms with Crippen LogP contribution in [0.25, 0.3) is 0 Å². The van der Waals surface area contributed by atoms with Crippen LogP contribution >= 0.6 is 0 Å². The number of esters is 1. The minimum atomic E-state index is -1.24. The lowest BCUT2D eigenvalue weighted by molar-refractivity contribution is -0.256. The zero-order chi connectivity index (χ0) is 35.9. The molecule has 14 atom stereocenters. The number of carbonyl (C=O) groups excluding carboxylic acids is 1. The van der Waals surface area contributed by atoms with E-state index in [-0.39, 0.29) is 58.0 Å². The van der Waals surface area contributed by atoms with Gasteiger partial charge in [-0.25, -0.2) is 0 Å². The van der Waals surface area contributed by atoms with Gasteiger partial charge >= 0.3 is 5.97 Å². The predicted octanol–water partition coefficient (Wildman–Crippen LogP) is 5.72. The molecule has 6 saturated carbocycles. The molecule has 9 rings (SSSR count). The summed E-state index contributed by atoms with van der Waals surface area (Å²) >= 11 is 0. The van der Waals surface area contributed by atoms with Crippen LogP contribution in [0.15, 0.2) is 0 Å². The van der Waals surface area contributed by atoms with Gasteiger partial charge in [0.1, 0.15) is 0 Å². The van der Waals surface area contributed by atoms with E-state index < -0.39 is 23.9 Å². The van der Waals surface area contributed by atoms with Crippen molar-refractivity contribution in [3.63, 3.8) is 0 Å². The fraction of sp³-hybridized carbons (Fsp3) is 0.976. The monoisotopic (exact) mass is 713 g/mol. The lowest BCUT2D eigenvalue weighted by Gasteiger charge is -2.64. The van der Waals surface area contributed by atoms with Crippen LogP contribution in [0.5, 0.6) is 0 Å². The number of rotatable bonds is 8. The lowest BCUT2D eigenvalue weighted by atomic mass is 9.41. The second-order valence-corrected chi connectivity index (χ2v) is 20.9. The van der Waals surface area contributed by atoms with Crippen molar-refractivity contribution in [2.24, 2.45) is 56.7 Å². The molecule has 0 amide bonds. The van der Waals surface area contributed by atoms with Gasteiger partial charge in [-0.05, 0) is 129 Å². The fourth-order valence-electron chi connectivity index (χ4n) is 14.8. The largest absolute Gasteiger partial charge is 0.457 e. The van der Waals surface area contributed by atoms with Crippen molar-refractivity contribution < 1.29 is 38.7 Å². The first-order chi connectivity index (χ1) is 24.0. The summed E-state index contributed by atoms with van der Waals surface area (Å²) in [7, 11) is 0. The van der Waals surface area contributed by atoms with E-state index in [1.54, 1.807) is 13.8 Å². The summed E-state index contributed by atoms with van der Waals surface area (Å²) in [5.41, 5.74) is -0.932. The molecule has 8 unspecified atom stereocenters. The standard InChI is InChI=1S/C42H67NO8/c1-24-18-27(36(38(4,5)46)51-31(44)19-25-8-9-25)49-34-33(24)39(6)14-15-42-23-41(42)13-12-30(50-32-20-43(16-17-48-32)26-21-47-22-26)37(2,3)28(41)10-11-29(42)40(39,7)35(34)45/h24-30,32-36,45-46H,8-23H2,1-7H3/t24-,27?,28+,29?,30?,32+,33+,34?,35+,36?,39?,40-,41?,42?/m1/s1. The van der Waals surface area contributed by atoms with Crippen molar-refractivity contribution in [2.45, 2.75) is 168 Å². The number of aliphatic hydroxyl groups is 2. The highest BCUT2D eigenvalue weighted by Gasteiger charge is 2.84. The quantitative estimate of drug-likeness (QED) is 0.306. The molecule has 0 radical (unpaired) electrons. The summed E-state index contributed by atoms with van der Waals surface area (Å²) < 4.78 is 31.7. The molecule has 9 aliphatic rings. The van der Waals surface area contributed by atoms with Crippen LogP contribution in [0.2, 0.25) is 0 Å². The van der Waals surface area contributed by atoms with Crippen molar-refractivity contribution in [1.29, 1.82) is 0 Å². The van der Waals surface area contributed by atoms with Crippen molar-refractivity contribution in [2.75, 3.05) is 32.9 Å². The van der Waals surface area contributed by atoms with E-state index in [9.17, 15) is 15.0 Å². The Labute approximate surface area is 306 Å². The van der Waals surface area contributed by atoms with Gasteiger partial charge in [-0.1, -0.05) is 34.6 Å². The zero-order valence-corrected chi connectivity index (χ0v) is 32.5. The maximum atomic E-state index is 12.9. The molecular formula is C42H67NO8. The van der Waals surface area contributed by atoms with Crippen LogP contribution in [0, 0.1) is 56.7 Å². The number of fused-ring (bicyclic) bond motifs is 4. The molecule has 9 heteroatoms. The maximum absolute atomic E-state index is 12.9. The maximum Gasteiger partial charge on any atom is 0.306 e. The molecule has 0 aromatic rings. The van der Waals surface area contributed by atoms with Gasteiger partial charge in [-0.3, -0.25) is 9.69 Å². The van der Waals surface area contributed by atoms with Gasteiger partial charge in [0.25, 0.3) is 0 Å². The summed E-state index contributed by atoms with van der Waals surface area (Å²) in [6.45, 7) is 19.8. The highest BCUT2D eigenvalue weighted by molar-refractivity contribution is 5.70. The van der Waals surface area contributed by atoms with E-state index in [0.717, 1.165) is 71.4 Å². The van der Waals surface area contributed by atoms with E-state index in [1.807, 2.05) is 0 Å². The van der Waals surface area contributed by atoms with Gasteiger partial charge in [0, 0.05) is 18.4 Å². The SMILES string of the molecule is C[C@@H]1CC(C(OC(=O)CC2CC2)C(C)(C)O)OC2[C@H]1C1(C)CCC34CC35CCC(O[C@H]3CN(C6COC6)CCO3)C(C)(C)[C@@H]5CCC4[C@]1(C)[C@H]2O. The second-order valence-electron chi connectivity index (χ2n) is 20.9. The summed E-state index contributed by atoms with van der Waals surface area (Å²) in [5, 5.41) is 24.0. The molecular weight excluding hydrogens is 646 g/mol. The summed E-state index contributed by atoms with van der Waals surface area (Å²) in [6.07, 6.45) is 9.42. The Hall–Kier alpha value is -0.810. The Morgan fingerprint density at radius 1 is 1.00 bits per heavy atom. The number of hydrogen-bond donors (Lipinski definition) is 2. The Morgan fingerprint density at radius 2 is 1.73 bits per heavy atom. The molecule has 0 aromatic heterocycles. The first-order valence-electron chi connectivity index (χ1n) is 20.9. The molecule has 9 fully saturated rings. The van der Waals surface area contributed by atoms with Crippen molar-refractivity contribution in [3.8, 4) is 0 Å². The van der Waals surface area contributed by atoms with E-state index in [2.05, 4.69) is 39.5 Å². The number of hydrogen-bond acceptors (Lipinski definition) is 9. The molecule has 3 aliphatic heterocycles. The Kier molecular flexibility index (Phi) is 8.33. The molecule has 2 N–H and O–H groups in total. The molecule has 0 bridgehead atoms. The van der Waals surface area contributed by atoms with Gasteiger partial charge in [0.05, 0.1) is 62.4 Å². The zero-order valence-electron chi connectivity index (χ0n) is 32.5. The second kappa shape index (κ2) is 11.8. The topological polar surface area (TPSA) is 107 Å². The first kappa shape index (κ1) is 35.9. The Morgan fingerprint density at radius 3 is 2.41 bits per heavy atom. The summed E-state index contributed by atoms with van der Waals surface area (Å²) in [5.74, 6) is 1.74. The van der Waals surface area contributed by atoms with Gasteiger partial charge in [0.15, 0.2) is 12.4 Å². The van der Waals surface area contributed by atoms with Gasteiger partial charge in [-0.15, -0.1) is 0 Å². The van der Waals surface area contributed by atoms with Crippen LogP contribution in [-0.2, 0) is 28.5 Å². The number of ether oxygens (including phenoxy) is 5. The van der Waals surface area contributed by atoms with E-state index in [0.29, 0.717) is 35.6 Å². The third-order valence-corrected chi connectivity index (χ3v) is 17.7.